The second-order valence-electron chi connectivity index (χ2n) is 4.26. The van der Waals surface area contributed by atoms with Gasteiger partial charge in [-0.3, -0.25) is 24.6 Å². The van der Waals surface area contributed by atoms with E-state index < -0.39 is 16.1 Å². The molecule has 1 aromatic rings. The molecule has 2 amide bonds. The Balaban J connectivity index is 2.57. The molecule has 0 radical (unpaired) electrons. The van der Waals surface area contributed by atoms with Crippen molar-refractivity contribution in [3.63, 3.8) is 0 Å². The zero-order valence-electron chi connectivity index (χ0n) is 12.0. The second kappa shape index (κ2) is 6.06. The van der Waals surface area contributed by atoms with Crippen LogP contribution < -0.4 is 9.47 Å². The Kier molecular flexibility index (Phi) is 4.36. The fourth-order valence-corrected chi connectivity index (χ4v) is 2.66. The summed E-state index contributed by atoms with van der Waals surface area (Å²) in [6, 6.07) is 2.60. The topological polar surface area (TPSA) is 99.0 Å². The zero-order chi connectivity index (χ0) is 16.4. The lowest BCUT2D eigenvalue weighted by Crippen LogP contribution is -2.22. The number of thioether (sulfide) groups is 1. The van der Waals surface area contributed by atoms with Gasteiger partial charge in [-0.2, -0.15) is 0 Å². The first kappa shape index (κ1) is 15.8. The van der Waals surface area contributed by atoms with E-state index in [1.165, 1.54) is 39.5 Å². The normalized spacial score (nSPS) is 16.3. The molecule has 116 valence electrons. The predicted molar refractivity (Wildman–Crippen MR) is 79.9 cm³/mol. The van der Waals surface area contributed by atoms with Crippen LogP contribution in [-0.2, 0) is 4.79 Å². The number of carbonyl (C=O) groups is 2. The van der Waals surface area contributed by atoms with E-state index in [2.05, 4.69) is 0 Å². The molecule has 22 heavy (non-hydrogen) atoms. The van der Waals surface area contributed by atoms with Gasteiger partial charge in [0.2, 0.25) is 0 Å². The number of nitro benzene ring substituents is 1. The van der Waals surface area contributed by atoms with Gasteiger partial charge in [-0.15, -0.1) is 0 Å². The molecule has 0 aromatic heterocycles. The van der Waals surface area contributed by atoms with Gasteiger partial charge in [-0.1, -0.05) is 0 Å². The number of ether oxygens (including phenoxy) is 2. The minimum Gasteiger partial charge on any atom is -0.493 e. The number of hydrogen-bond acceptors (Lipinski definition) is 7. The minimum atomic E-state index is -0.593. The SMILES string of the molecule is COc1cc(/C=C2\SC(=O)N(C)C2=O)c([N+](=O)[O-])cc1OC. The van der Waals surface area contributed by atoms with Crippen molar-refractivity contribution in [1.29, 1.82) is 0 Å². The van der Waals surface area contributed by atoms with Crippen LogP contribution in [0.2, 0.25) is 0 Å². The van der Waals surface area contributed by atoms with Gasteiger partial charge in [0, 0.05) is 7.05 Å². The molecular weight excluding hydrogens is 312 g/mol. The van der Waals surface area contributed by atoms with Crippen molar-refractivity contribution in [3.8, 4) is 11.5 Å². The van der Waals surface area contributed by atoms with Crippen LogP contribution in [-0.4, -0.2) is 42.2 Å². The van der Waals surface area contributed by atoms with E-state index in [1.807, 2.05) is 0 Å². The molecule has 1 heterocycles. The van der Waals surface area contributed by atoms with Crippen molar-refractivity contribution in [3.05, 3.63) is 32.7 Å². The fraction of sp³-hybridized carbons (Fsp3) is 0.231. The largest absolute Gasteiger partial charge is 0.493 e. The first-order chi connectivity index (χ1) is 10.4. The summed E-state index contributed by atoms with van der Waals surface area (Å²) in [6.07, 6.45) is 1.30. The van der Waals surface area contributed by atoms with Gasteiger partial charge in [0.05, 0.1) is 35.7 Å². The summed E-state index contributed by atoms with van der Waals surface area (Å²) in [6.45, 7) is 0. The lowest BCUT2D eigenvalue weighted by Gasteiger charge is -2.09. The van der Waals surface area contributed by atoms with Crippen molar-refractivity contribution in [2.45, 2.75) is 0 Å². The van der Waals surface area contributed by atoms with Crippen LogP contribution in [0.3, 0.4) is 0 Å². The Bertz CT molecular complexity index is 700. The van der Waals surface area contributed by atoms with E-state index in [9.17, 15) is 19.7 Å². The Morgan fingerprint density at radius 3 is 2.27 bits per heavy atom. The average molecular weight is 324 g/mol. The Hall–Kier alpha value is -2.55. The second-order valence-corrected chi connectivity index (χ2v) is 5.26. The average Bonchev–Trinajstić information content (AvgIpc) is 2.73. The number of imide groups is 1. The smallest absolute Gasteiger partial charge is 0.293 e. The standard InChI is InChI=1S/C13H12N2O6S/c1-14-12(16)11(22-13(14)17)5-7-4-9(20-2)10(21-3)6-8(7)15(18)19/h4-6H,1-3H3/b11-5-. The van der Waals surface area contributed by atoms with Crippen LogP contribution in [0.5, 0.6) is 11.5 Å². The van der Waals surface area contributed by atoms with Gasteiger partial charge in [0.25, 0.3) is 16.8 Å². The lowest BCUT2D eigenvalue weighted by atomic mass is 10.1. The summed E-state index contributed by atoms with van der Waals surface area (Å²) in [5, 5.41) is 10.8. The van der Waals surface area contributed by atoms with Crippen LogP contribution in [0, 0.1) is 10.1 Å². The highest BCUT2D eigenvalue weighted by atomic mass is 32.2. The molecule has 1 aliphatic rings. The lowest BCUT2D eigenvalue weighted by molar-refractivity contribution is -0.385. The monoisotopic (exact) mass is 324 g/mol. The maximum Gasteiger partial charge on any atom is 0.293 e. The number of methoxy groups -OCH3 is 2. The number of carbonyl (C=O) groups excluding carboxylic acids is 2. The number of likely N-dealkylation sites (N-methyl/N-ethyl adjacent to an activating group) is 1. The Morgan fingerprint density at radius 1 is 1.23 bits per heavy atom. The van der Waals surface area contributed by atoms with Gasteiger partial charge in [0.1, 0.15) is 0 Å². The van der Waals surface area contributed by atoms with Gasteiger partial charge in [-0.25, -0.2) is 0 Å². The van der Waals surface area contributed by atoms with E-state index >= 15 is 0 Å². The van der Waals surface area contributed by atoms with Crippen LogP contribution in [0.4, 0.5) is 10.5 Å². The van der Waals surface area contributed by atoms with Gasteiger partial charge in [-0.05, 0) is 23.9 Å². The van der Waals surface area contributed by atoms with E-state index in [1.54, 1.807) is 0 Å². The van der Waals surface area contributed by atoms with Gasteiger partial charge < -0.3 is 9.47 Å². The molecule has 0 aliphatic carbocycles. The minimum absolute atomic E-state index is 0.114. The number of rotatable bonds is 4. The molecule has 0 saturated carbocycles. The number of benzene rings is 1. The fourth-order valence-electron chi connectivity index (χ4n) is 1.84. The van der Waals surface area contributed by atoms with Gasteiger partial charge in [0.15, 0.2) is 11.5 Å². The number of nitrogens with zero attached hydrogens (tertiary/aromatic N) is 2. The first-order valence-corrected chi connectivity index (χ1v) is 6.82. The molecule has 2 rings (SSSR count). The van der Waals surface area contributed by atoms with Crippen molar-refractivity contribution < 1.29 is 24.0 Å². The van der Waals surface area contributed by atoms with Crippen LogP contribution in [0.1, 0.15) is 5.56 Å². The van der Waals surface area contributed by atoms with Crippen LogP contribution >= 0.6 is 11.8 Å². The highest BCUT2D eigenvalue weighted by molar-refractivity contribution is 8.18. The molecule has 0 spiro atoms. The van der Waals surface area contributed by atoms with E-state index in [4.69, 9.17) is 9.47 Å². The molecular formula is C13H12N2O6S. The summed E-state index contributed by atoms with van der Waals surface area (Å²) in [5.41, 5.74) is -0.0952. The number of hydrogen-bond donors (Lipinski definition) is 0. The van der Waals surface area contributed by atoms with E-state index in [-0.39, 0.29) is 27.7 Å². The van der Waals surface area contributed by atoms with Crippen molar-refractivity contribution >= 4 is 34.7 Å². The molecule has 0 atom stereocenters. The van der Waals surface area contributed by atoms with Gasteiger partial charge >= 0.3 is 0 Å². The first-order valence-electron chi connectivity index (χ1n) is 6.01. The maximum absolute atomic E-state index is 11.9. The molecule has 8 nitrogen and oxygen atoms in total. The highest BCUT2D eigenvalue weighted by Crippen LogP contribution is 2.38. The van der Waals surface area contributed by atoms with E-state index in [0.717, 1.165) is 16.7 Å². The maximum atomic E-state index is 11.9. The quantitative estimate of drug-likeness (QED) is 0.476. The molecule has 9 heteroatoms. The molecule has 0 unspecified atom stereocenters. The van der Waals surface area contributed by atoms with E-state index in [0.29, 0.717) is 0 Å². The number of amides is 2. The molecule has 0 bridgehead atoms. The third kappa shape index (κ3) is 2.75. The van der Waals surface area contributed by atoms with Crippen LogP contribution in [0.25, 0.3) is 6.08 Å². The highest BCUT2D eigenvalue weighted by Gasteiger charge is 2.32. The predicted octanol–water partition coefficient (Wildman–Crippen LogP) is 2.28. The van der Waals surface area contributed by atoms with Crippen molar-refractivity contribution in [1.82, 2.24) is 4.90 Å². The Morgan fingerprint density at radius 2 is 1.82 bits per heavy atom. The molecule has 1 aromatic carbocycles. The third-order valence-electron chi connectivity index (χ3n) is 3.00. The summed E-state index contributed by atoms with van der Waals surface area (Å²) in [5.74, 6) is -0.0101. The zero-order valence-corrected chi connectivity index (χ0v) is 12.8. The molecule has 1 aliphatic heterocycles. The molecule has 0 N–H and O–H groups in total. The number of nitro groups is 1. The Labute approximate surface area is 129 Å². The summed E-state index contributed by atoms with van der Waals surface area (Å²) in [4.78, 5) is 35.0. The van der Waals surface area contributed by atoms with Crippen molar-refractivity contribution in [2.75, 3.05) is 21.3 Å². The third-order valence-corrected chi connectivity index (χ3v) is 3.96. The molecule has 1 saturated heterocycles. The van der Waals surface area contributed by atoms with Crippen molar-refractivity contribution in [2.24, 2.45) is 0 Å². The summed E-state index contributed by atoms with van der Waals surface area (Å²) >= 11 is 0.724. The summed E-state index contributed by atoms with van der Waals surface area (Å²) in [7, 11) is 4.11. The molecule has 1 fully saturated rings. The van der Waals surface area contributed by atoms with Crippen LogP contribution in [0.15, 0.2) is 17.0 Å². The summed E-state index contributed by atoms with van der Waals surface area (Å²) < 4.78 is 10.1.